The van der Waals surface area contributed by atoms with Gasteiger partial charge in [-0.1, -0.05) is 23.7 Å². The zero-order valence-corrected chi connectivity index (χ0v) is 10.5. The Hall–Kier alpha value is -2.26. The number of fused-ring (bicyclic) bond motifs is 3. The second-order valence-electron chi connectivity index (χ2n) is 4.32. The molecule has 19 heavy (non-hydrogen) atoms. The highest BCUT2D eigenvalue weighted by atomic mass is 35.5. The lowest BCUT2D eigenvalue weighted by atomic mass is 10.0. The van der Waals surface area contributed by atoms with Crippen molar-refractivity contribution in [3.8, 4) is 16.9 Å². The molecule has 0 saturated carbocycles. The highest BCUT2D eigenvalue weighted by Crippen LogP contribution is 2.46. The Morgan fingerprint density at radius 2 is 1.63 bits per heavy atom. The van der Waals surface area contributed by atoms with Crippen molar-refractivity contribution in [3.63, 3.8) is 0 Å². The van der Waals surface area contributed by atoms with Crippen LogP contribution in [0.5, 0.6) is 5.75 Å². The number of carbonyl (C=O) groups is 1. The van der Waals surface area contributed by atoms with E-state index in [-0.39, 0.29) is 5.75 Å². The van der Waals surface area contributed by atoms with E-state index in [1.165, 1.54) is 0 Å². The van der Waals surface area contributed by atoms with Crippen molar-refractivity contribution < 1.29 is 15.0 Å². The van der Waals surface area contributed by atoms with E-state index in [0.29, 0.717) is 16.2 Å². The number of aromatic hydroxyl groups is 1. The second kappa shape index (κ2) is 4.14. The molecule has 0 heterocycles. The lowest BCUT2D eigenvalue weighted by Crippen LogP contribution is -1.91. The molecule has 0 aromatic heterocycles. The van der Waals surface area contributed by atoms with Crippen LogP contribution >= 0.6 is 11.6 Å². The average molecular weight is 273 g/mol. The maximum absolute atomic E-state index is 11.0. The first kappa shape index (κ1) is 11.8. The zero-order chi connectivity index (χ0) is 13.6. The molecule has 4 heteroatoms. The van der Waals surface area contributed by atoms with Crippen molar-refractivity contribution in [1.29, 1.82) is 0 Å². The molecule has 2 aromatic carbocycles. The molecule has 0 unspecified atom stereocenters. The Labute approximate surface area is 114 Å². The van der Waals surface area contributed by atoms with Crippen molar-refractivity contribution >= 4 is 23.1 Å². The number of phenols is 1. The maximum atomic E-state index is 11.0. The van der Waals surface area contributed by atoms with Crippen LogP contribution in [0.4, 0.5) is 0 Å². The van der Waals surface area contributed by atoms with Gasteiger partial charge >= 0.3 is 5.97 Å². The summed E-state index contributed by atoms with van der Waals surface area (Å²) >= 11 is 5.98. The summed E-state index contributed by atoms with van der Waals surface area (Å²) in [6, 6.07) is 10.3. The number of hydrogen-bond donors (Lipinski definition) is 2. The summed E-state index contributed by atoms with van der Waals surface area (Å²) in [6.07, 6.45) is 1.14. The van der Waals surface area contributed by atoms with Crippen molar-refractivity contribution in [2.24, 2.45) is 0 Å². The topological polar surface area (TPSA) is 57.5 Å². The Morgan fingerprint density at radius 1 is 1.00 bits per heavy atom. The third-order valence-corrected chi connectivity index (χ3v) is 3.36. The van der Waals surface area contributed by atoms with E-state index in [4.69, 9.17) is 16.7 Å². The molecule has 94 valence electrons. The molecule has 1 aliphatic rings. The van der Waals surface area contributed by atoms with Crippen LogP contribution in [0.25, 0.3) is 16.7 Å². The van der Waals surface area contributed by atoms with Gasteiger partial charge in [0.15, 0.2) is 0 Å². The monoisotopic (exact) mass is 272 g/mol. The van der Waals surface area contributed by atoms with Gasteiger partial charge in [-0.3, -0.25) is 0 Å². The minimum Gasteiger partial charge on any atom is -0.508 e. The van der Waals surface area contributed by atoms with Gasteiger partial charge in [-0.2, -0.15) is 0 Å². The van der Waals surface area contributed by atoms with Crippen molar-refractivity contribution in [3.05, 3.63) is 58.6 Å². The Balaban J connectivity index is 2.35. The highest BCUT2D eigenvalue weighted by molar-refractivity contribution is 6.31. The van der Waals surface area contributed by atoms with Crippen LogP contribution in [0.15, 0.2) is 42.5 Å². The predicted molar refractivity (Wildman–Crippen MR) is 73.3 cm³/mol. The first-order valence-corrected chi connectivity index (χ1v) is 6.02. The van der Waals surface area contributed by atoms with E-state index in [2.05, 4.69) is 0 Å². The summed E-state index contributed by atoms with van der Waals surface area (Å²) in [7, 11) is 0. The van der Waals surface area contributed by atoms with E-state index >= 15 is 0 Å². The van der Waals surface area contributed by atoms with E-state index in [1.807, 2.05) is 6.07 Å². The molecular formula is C15H9ClO3. The van der Waals surface area contributed by atoms with Crippen LogP contribution in [0, 0.1) is 0 Å². The van der Waals surface area contributed by atoms with Gasteiger partial charge in [0.05, 0.1) is 0 Å². The summed E-state index contributed by atoms with van der Waals surface area (Å²) < 4.78 is 0. The predicted octanol–water partition coefficient (Wildman–Crippen LogP) is 3.54. The second-order valence-corrected chi connectivity index (χ2v) is 4.75. The number of carboxylic acids is 1. The fourth-order valence-corrected chi connectivity index (χ4v) is 2.56. The normalized spacial score (nSPS) is 14.3. The standard InChI is InChI=1S/C15H9ClO3/c16-8-1-3-10-11-4-2-9(17)6-13(11)14(7-15(18)19)12(10)5-8/h1-7,17H,(H,18,19)/b14-7+. The average Bonchev–Trinajstić information content (AvgIpc) is 2.62. The minimum absolute atomic E-state index is 0.106. The molecule has 0 bridgehead atoms. The molecule has 0 fully saturated rings. The first-order chi connectivity index (χ1) is 9.06. The molecule has 3 rings (SSSR count). The molecule has 0 saturated heterocycles. The summed E-state index contributed by atoms with van der Waals surface area (Å²) in [6.45, 7) is 0. The SMILES string of the molecule is O=C(O)/C=C1/c2cc(O)ccc2-c2ccc(Cl)cc21. The fourth-order valence-electron chi connectivity index (χ4n) is 2.39. The van der Waals surface area contributed by atoms with Crippen LogP contribution in [0.1, 0.15) is 11.1 Å². The zero-order valence-electron chi connectivity index (χ0n) is 9.72. The smallest absolute Gasteiger partial charge is 0.328 e. The summed E-state index contributed by atoms with van der Waals surface area (Å²) in [4.78, 5) is 11.0. The highest BCUT2D eigenvalue weighted by Gasteiger charge is 2.24. The van der Waals surface area contributed by atoms with Gasteiger partial charge in [-0.25, -0.2) is 4.79 Å². The van der Waals surface area contributed by atoms with E-state index < -0.39 is 5.97 Å². The number of carboxylic acid groups (broad SMARTS) is 1. The molecular weight excluding hydrogens is 264 g/mol. The molecule has 0 atom stereocenters. The lowest BCUT2D eigenvalue weighted by Gasteiger charge is -2.02. The number of hydrogen-bond acceptors (Lipinski definition) is 2. The Kier molecular flexibility index (Phi) is 2.57. The van der Waals surface area contributed by atoms with Crippen LogP contribution in [-0.2, 0) is 4.79 Å². The lowest BCUT2D eigenvalue weighted by molar-refractivity contribution is -0.131. The van der Waals surface area contributed by atoms with E-state index in [0.717, 1.165) is 22.8 Å². The number of aliphatic carboxylic acids is 1. The summed E-state index contributed by atoms with van der Waals surface area (Å²) in [5.74, 6) is -0.925. The van der Waals surface area contributed by atoms with Gasteiger partial charge in [-0.15, -0.1) is 0 Å². The van der Waals surface area contributed by atoms with Crippen molar-refractivity contribution in [2.75, 3.05) is 0 Å². The number of phenolic OH excluding ortho intramolecular Hbond substituents is 1. The minimum atomic E-state index is -1.03. The molecule has 3 nitrogen and oxygen atoms in total. The van der Waals surface area contributed by atoms with Gasteiger partial charge in [0.1, 0.15) is 5.75 Å². The molecule has 0 spiro atoms. The van der Waals surface area contributed by atoms with Crippen LogP contribution in [-0.4, -0.2) is 16.2 Å². The van der Waals surface area contributed by atoms with Crippen molar-refractivity contribution in [1.82, 2.24) is 0 Å². The first-order valence-electron chi connectivity index (χ1n) is 5.64. The van der Waals surface area contributed by atoms with Gasteiger partial charge < -0.3 is 10.2 Å². The molecule has 2 aromatic rings. The molecule has 2 N–H and O–H groups in total. The molecule has 0 amide bonds. The Bertz CT molecular complexity index is 679. The summed E-state index contributed by atoms with van der Waals surface area (Å²) in [5, 5.41) is 19.1. The molecule has 0 radical (unpaired) electrons. The third kappa shape index (κ3) is 1.88. The quantitative estimate of drug-likeness (QED) is 0.666. The largest absolute Gasteiger partial charge is 0.508 e. The van der Waals surface area contributed by atoms with Crippen LogP contribution < -0.4 is 0 Å². The van der Waals surface area contributed by atoms with Gasteiger partial charge in [0.2, 0.25) is 0 Å². The van der Waals surface area contributed by atoms with Gasteiger partial charge in [-0.05, 0) is 52.1 Å². The van der Waals surface area contributed by atoms with E-state index in [1.54, 1.807) is 30.3 Å². The number of benzene rings is 2. The van der Waals surface area contributed by atoms with Crippen LogP contribution in [0.3, 0.4) is 0 Å². The maximum Gasteiger partial charge on any atom is 0.328 e. The number of rotatable bonds is 1. The van der Waals surface area contributed by atoms with Crippen molar-refractivity contribution in [2.45, 2.75) is 0 Å². The van der Waals surface area contributed by atoms with Gasteiger partial charge in [0, 0.05) is 11.1 Å². The summed E-state index contributed by atoms with van der Waals surface area (Å²) in [5.41, 5.74) is 3.87. The molecule has 1 aliphatic carbocycles. The van der Waals surface area contributed by atoms with Gasteiger partial charge in [0.25, 0.3) is 0 Å². The van der Waals surface area contributed by atoms with Crippen LogP contribution in [0.2, 0.25) is 5.02 Å². The third-order valence-electron chi connectivity index (χ3n) is 3.12. The number of halogens is 1. The Morgan fingerprint density at radius 3 is 2.32 bits per heavy atom. The fraction of sp³-hybridized carbons (Fsp3) is 0. The molecule has 0 aliphatic heterocycles. The van der Waals surface area contributed by atoms with E-state index in [9.17, 15) is 9.90 Å².